The molecule has 1 heterocycles. The molecule has 27 heavy (non-hydrogen) atoms. The fourth-order valence-corrected chi connectivity index (χ4v) is 2.36. The van der Waals surface area contributed by atoms with E-state index in [0.717, 1.165) is 6.92 Å². The van der Waals surface area contributed by atoms with Gasteiger partial charge < -0.3 is 55.3 Å². The maximum absolute atomic E-state index is 12.0. The third kappa shape index (κ3) is 5.63. The van der Waals surface area contributed by atoms with E-state index in [-0.39, 0.29) is 6.29 Å². The van der Waals surface area contributed by atoms with Crippen LogP contribution in [0, 0.1) is 0 Å². The Hall–Kier alpha value is -1.71. The van der Waals surface area contributed by atoms with Gasteiger partial charge in [0.25, 0.3) is 0 Å². The number of carbonyl (C=O) groups is 3. The van der Waals surface area contributed by atoms with Gasteiger partial charge in [0, 0.05) is 6.92 Å². The van der Waals surface area contributed by atoms with Gasteiger partial charge in [-0.2, -0.15) is 0 Å². The van der Waals surface area contributed by atoms with Gasteiger partial charge in [0.2, 0.25) is 12.2 Å². The number of hydrogen-bond donors (Lipinski definition) is 8. The van der Waals surface area contributed by atoms with Gasteiger partial charge in [-0.1, -0.05) is 0 Å². The highest BCUT2D eigenvalue weighted by Crippen LogP contribution is 2.23. The first kappa shape index (κ1) is 23.3. The molecule has 4 unspecified atom stereocenters. The number of rotatable bonds is 8. The van der Waals surface area contributed by atoms with Crippen molar-refractivity contribution in [3.8, 4) is 0 Å². The smallest absolute Gasteiger partial charge is 0.340 e. The van der Waals surface area contributed by atoms with Crippen LogP contribution in [-0.2, 0) is 23.9 Å². The second kappa shape index (κ2) is 10.0. The molecular weight excluding hydrogens is 374 g/mol. The standard InChI is InChI=1S/C14H23NO12/c1-4(18)15-7-10(22)9(21)6(3-17)26-14(7)27-13(25)12(24)11(23)8(20)5(19)2-16/h2,5-12,14,17,19-24H,3H2,1H3,(H,15,18)/t5?,6-,7-,8?,9-,10-,11?,12?,14-/m1/s1. The summed E-state index contributed by atoms with van der Waals surface area (Å²) in [5.41, 5.74) is 0. The molecule has 8 N–H and O–H groups in total. The van der Waals surface area contributed by atoms with Gasteiger partial charge in [-0.15, -0.1) is 0 Å². The van der Waals surface area contributed by atoms with Crippen molar-refractivity contribution in [2.45, 2.75) is 62.0 Å². The first-order valence-corrected chi connectivity index (χ1v) is 7.82. The SMILES string of the molecule is CC(=O)N[C@H]1[C@@H](OC(=O)C(O)C(O)C(O)C(O)C=O)O[C@H](CO)[C@@H](O)[C@@H]1O. The number of aliphatic hydroxyl groups excluding tert-OH is 7. The summed E-state index contributed by atoms with van der Waals surface area (Å²) in [7, 11) is 0. The van der Waals surface area contributed by atoms with E-state index in [0.29, 0.717) is 0 Å². The van der Waals surface area contributed by atoms with Crippen LogP contribution in [0.5, 0.6) is 0 Å². The van der Waals surface area contributed by atoms with E-state index in [2.05, 4.69) is 5.32 Å². The minimum atomic E-state index is -2.44. The molecule has 156 valence electrons. The molecule has 13 heteroatoms. The largest absolute Gasteiger partial charge is 0.431 e. The van der Waals surface area contributed by atoms with Crippen LogP contribution in [0.3, 0.4) is 0 Å². The Kier molecular flexibility index (Phi) is 8.64. The Morgan fingerprint density at radius 3 is 2.22 bits per heavy atom. The summed E-state index contributed by atoms with van der Waals surface area (Å²) < 4.78 is 9.84. The van der Waals surface area contributed by atoms with Crippen molar-refractivity contribution >= 4 is 18.2 Å². The molecule has 1 rings (SSSR count). The molecule has 0 bridgehead atoms. The summed E-state index contributed by atoms with van der Waals surface area (Å²) in [6.07, 6.45) is -15.7. The van der Waals surface area contributed by atoms with Crippen LogP contribution in [0.4, 0.5) is 0 Å². The summed E-state index contributed by atoms with van der Waals surface area (Å²) in [6.45, 7) is 0.278. The van der Waals surface area contributed by atoms with Crippen LogP contribution in [-0.4, -0.2) is 116 Å². The zero-order valence-corrected chi connectivity index (χ0v) is 14.2. The normalized spacial score (nSPS) is 32.7. The van der Waals surface area contributed by atoms with Gasteiger partial charge in [0.1, 0.15) is 42.7 Å². The third-order valence-electron chi connectivity index (χ3n) is 3.89. The average Bonchev–Trinajstić information content (AvgIpc) is 2.64. The van der Waals surface area contributed by atoms with Gasteiger partial charge in [-0.05, 0) is 0 Å². The quantitative estimate of drug-likeness (QED) is 0.142. The maximum atomic E-state index is 12.0. The molecule has 1 aliphatic rings. The summed E-state index contributed by atoms with van der Waals surface area (Å²) in [6, 6.07) is -1.49. The maximum Gasteiger partial charge on any atom is 0.340 e. The van der Waals surface area contributed by atoms with Crippen LogP contribution in [0.1, 0.15) is 6.92 Å². The topological polar surface area (TPSA) is 223 Å². The molecule has 1 fully saturated rings. The second-order valence-corrected chi connectivity index (χ2v) is 5.92. The lowest BCUT2D eigenvalue weighted by atomic mass is 9.97. The fourth-order valence-electron chi connectivity index (χ4n) is 2.36. The van der Waals surface area contributed by atoms with Crippen LogP contribution < -0.4 is 5.32 Å². The van der Waals surface area contributed by atoms with E-state index in [1.807, 2.05) is 0 Å². The molecule has 9 atom stereocenters. The van der Waals surface area contributed by atoms with Gasteiger partial charge in [-0.25, -0.2) is 4.79 Å². The first-order chi connectivity index (χ1) is 12.5. The molecule has 0 radical (unpaired) electrons. The number of aliphatic hydroxyl groups is 7. The van der Waals surface area contributed by atoms with Crippen LogP contribution in [0.15, 0.2) is 0 Å². The average molecular weight is 397 g/mol. The molecule has 0 aliphatic carbocycles. The van der Waals surface area contributed by atoms with Crippen molar-refractivity contribution in [2.75, 3.05) is 6.61 Å². The third-order valence-corrected chi connectivity index (χ3v) is 3.89. The highest BCUT2D eigenvalue weighted by Gasteiger charge is 2.47. The molecule has 13 nitrogen and oxygen atoms in total. The molecule has 1 saturated heterocycles. The highest BCUT2D eigenvalue weighted by molar-refractivity contribution is 5.76. The molecule has 0 aromatic heterocycles. The Balaban J connectivity index is 2.91. The first-order valence-electron chi connectivity index (χ1n) is 7.82. The Morgan fingerprint density at radius 1 is 1.15 bits per heavy atom. The molecule has 0 saturated carbocycles. The zero-order chi connectivity index (χ0) is 20.9. The lowest BCUT2D eigenvalue weighted by Gasteiger charge is -2.41. The number of ether oxygens (including phenoxy) is 2. The molecule has 1 aliphatic heterocycles. The number of nitrogens with one attached hydrogen (secondary N) is 1. The van der Waals surface area contributed by atoms with E-state index in [4.69, 9.17) is 19.7 Å². The summed E-state index contributed by atoms with van der Waals surface area (Å²) >= 11 is 0. The summed E-state index contributed by atoms with van der Waals surface area (Å²) in [5, 5.41) is 69.1. The number of aldehydes is 1. The fraction of sp³-hybridized carbons (Fsp3) is 0.786. The van der Waals surface area contributed by atoms with E-state index in [1.165, 1.54) is 0 Å². The van der Waals surface area contributed by atoms with Crippen molar-refractivity contribution in [1.29, 1.82) is 0 Å². The molecule has 0 aromatic rings. The number of amides is 1. The van der Waals surface area contributed by atoms with Gasteiger partial charge in [0.15, 0.2) is 12.4 Å². The Morgan fingerprint density at radius 2 is 1.74 bits per heavy atom. The minimum Gasteiger partial charge on any atom is -0.431 e. The predicted molar refractivity (Wildman–Crippen MR) is 81.5 cm³/mol. The van der Waals surface area contributed by atoms with E-state index in [1.54, 1.807) is 0 Å². The van der Waals surface area contributed by atoms with E-state index in [9.17, 15) is 39.9 Å². The minimum absolute atomic E-state index is 0.132. The van der Waals surface area contributed by atoms with Gasteiger partial charge in [-0.3, -0.25) is 4.79 Å². The van der Waals surface area contributed by atoms with Crippen molar-refractivity contribution < 1.29 is 59.6 Å². The van der Waals surface area contributed by atoms with Crippen LogP contribution in [0.2, 0.25) is 0 Å². The van der Waals surface area contributed by atoms with Crippen molar-refractivity contribution in [3.05, 3.63) is 0 Å². The number of hydrogen-bond acceptors (Lipinski definition) is 12. The molecule has 1 amide bonds. The van der Waals surface area contributed by atoms with Crippen LogP contribution in [0.25, 0.3) is 0 Å². The Labute approximate surface area is 152 Å². The molecular formula is C14H23NO12. The number of esters is 1. The van der Waals surface area contributed by atoms with Gasteiger partial charge >= 0.3 is 5.97 Å². The summed E-state index contributed by atoms with van der Waals surface area (Å²) in [5.74, 6) is -2.29. The summed E-state index contributed by atoms with van der Waals surface area (Å²) in [4.78, 5) is 33.6. The van der Waals surface area contributed by atoms with Gasteiger partial charge in [0.05, 0.1) is 6.61 Å². The number of carbonyl (C=O) groups excluding carboxylic acids is 3. The van der Waals surface area contributed by atoms with Crippen molar-refractivity contribution in [3.63, 3.8) is 0 Å². The lowest BCUT2D eigenvalue weighted by molar-refractivity contribution is -0.268. The highest BCUT2D eigenvalue weighted by atomic mass is 16.7. The van der Waals surface area contributed by atoms with Crippen molar-refractivity contribution in [1.82, 2.24) is 5.32 Å². The van der Waals surface area contributed by atoms with Crippen LogP contribution >= 0.6 is 0 Å². The zero-order valence-electron chi connectivity index (χ0n) is 14.2. The lowest BCUT2D eigenvalue weighted by Crippen LogP contribution is -2.65. The van der Waals surface area contributed by atoms with Crippen molar-refractivity contribution in [2.24, 2.45) is 0 Å². The monoisotopic (exact) mass is 397 g/mol. The van der Waals surface area contributed by atoms with E-state index < -0.39 is 73.5 Å². The Bertz CT molecular complexity index is 530. The molecule has 0 spiro atoms. The molecule has 0 aromatic carbocycles. The predicted octanol–water partition coefficient (Wildman–Crippen LogP) is -5.88. The van der Waals surface area contributed by atoms with E-state index >= 15 is 0 Å². The second-order valence-electron chi connectivity index (χ2n) is 5.92.